The smallest absolute Gasteiger partial charge is 0.387 e. The number of phosphoric ester groups is 1. The Bertz CT molecular complexity index is 1250. The van der Waals surface area contributed by atoms with Gasteiger partial charge in [-0.2, -0.15) is 4.31 Å². The molecule has 1 aromatic carbocycles. The number of aliphatic hydroxyl groups excluding tert-OH is 2. The van der Waals surface area contributed by atoms with Crippen LogP contribution in [0.2, 0.25) is 0 Å². The maximum absolute atomic E-state index is 11.6. The molecule has 1 aromatic heterocycles. The lowest BCUT2D eigenvalue weighted by molar-refractivity contribution is -0.0538. The van der Waals surface area contributed by atoms with Gasteiger partial charge in [0.25, 0.3) is 0 Å². The molecule has 2 aliphatic rings. The van der Waals surface area contributed by atoms with E-state index in [1.165, 1.54) is 10.9 Å². The van der Waals surface area contributed by atoms with Crippen LogP contribution in [0.5, 0.6) is 0 Å². The van der Waals surface area contributed by atoms with Gasteiger partial charge in [0, 0.05) is 6.54 Å². The third-order valence-electron chi connectivity index (χ3n) is 5.18. The number of ether oxygens (including phenoxy) is 1. The number of phosphoric acid groups is 2. The van der Waals surface area contributed by atoms with Crippen molar-refractivity contribution in [3.05, 3.63) is 53.1 Å². The number of imidazole rings is 1. The first-order chi connectivity index (χ1) is 16.0. The van der Waals surface area contributed by atoms with Crippen molar-refractivity contribution < 1.29 is 47.6 Å². The standard InChI is InChI=1S/C17H23N5O10P2/c18-15-12-16(20-8-21(15)6-10-4-2-1-3-5-10)22(9-19-12)17-14(24)13(23)11(31-17)7-30-34(28,29)32-33(25,26)27/h1-5,9,11,13-14,17,23-24H,6-8,18H2,(H,28,29)(H2,25,26,27)/t11-,13-,14-,17-/m1/s1. The molecule has 0 amide bonds. The quantitative estimate of drug-likeness (QED) is 0.205. The molecule has 1 saturated heterocycles. The summed E-state index contributed by atoms with van der Waals surface area (Å²) < 4.78 is 37.5. The summed E-state index contributed by atoms with van der Waals surface area (Å²) in [5.74, 6) is 0.358. The molecule has 4 rings (SSSR count). The van der Waals surface area contributed by atoms with Crippen molar-refractivity contribution in [1.82, 2.24) is 14.5 Å². The summed E-state index contributed by atoms with van der Waals surface area (Å²) in [6, 6.07) is 9.62. The Labute approximate surface area is 192 Å². The minimum absolute atomic E-state index is 0.199. The molecule has 0 bridgehead atoms. The van der Waals surface area contributed by atoms with Crippen LogP contribution in [0.4, 0.5) is 0 Å². The Kier molecular flexibility index (Phi) is 6.95. The summed E-state index contributed by atoms with van der Waals surface area (Å²) in [4.78, 5) is 37.3. The first kappa shape index (κ1) is 24.9. The minimum atomic E-state index is -5.31. The summed E-state index contributed by atoms with van der Waals surface area (Å²) in [6.45, 7) is -0.110. The molecule has 186 valence electrons. The second-order valence-electron chi connectivity index (χ2n) is 7.58. The Morgan fingerprint density at radius 3 is 2.53 bits per heavy atom. The number of benzene rings is 1. The molecule has 0 spiro atoms. The average molecular weight is 519 g/mol. The van der Waals surface area contributed by atoms with Gasteiger partial charge in [-0.05, 0) is 5.56 Å². The number of aromatic nitrogens is 2. The molecule has 0 aliphatic carbocycles. The lowest BCUT2D eigenvalue weighted by Crippen LogP contribution is -2.47. The van der Waals surface area contributed by atoms with Crippen LogP contribution in [-0.4, -0.2) is 70.9 Å². The zero-order valence-corrected chi connectivity index (χ0v) is 19.2. The van der Waals surface area contributed by atoms with Crippen LogP contribution < -0.4 is 16.6 Å². The molecule has 1 unspecified atom stereocenters. The van der Waals surface area contributed by atoms with Crippen molar-refractivity contribution in [1.29, 1.82) is 0 Å². The van der Waals surface area contributed by atoms with Gasteiger partial charge in [-0.15, -0.1) is 0 Å². The monoisotopic (exact) mass is 519 g/mol. The molecular formula is C17H23N5O10P2. The summed E-state index contributed by atoms with van der Waals surface area (Å²) in [5, 5.41) is 21.1. The van der Waals surface area contributed by atoms with E-state index in [9.17, 15) is 24.2 Å². The minimum Gasteiger partial charge on any atom is -0.387 e. The van der Waals surface area contributed by atoms with E-state index < -0.39 is 46.8 Å². The highest BCUT2D eigenvalue weighted by Crippen LogP contribution is 2.57. The van der Waals surface area contributed by atoms with Crippen molar-refractivity contribution in [2.45, 2.75) is 31.1 Å². The summed E-state index contributed by atoms with van der Waals surface area (Å²) in [7, 11) is -10.5. The SMILES string of the molecule is NC1=c2ncn([C@@H]3O[C@H](COP(=O)(O)OP(=O)(O)O)[C@@H](O)[C@H]3O)c2=NCN1Cc1ccccc1. The van der Waals surface area contributed by atoms with E-state index in [4.69, 9.17) is 20.3 Å². The van der Waals surface area contributed by atoms with E-state index in [1.807, 2.05) is 35.2 Å². The van der Waals surface area contributed by atoms with E-state index in [-0.39, 0.29) is 6.67 Å². The molecule has 3 heterocycles. The van der Waals surface area contributed by atoms with Gasteiger partial charge in [-0.1, -0.05) is 30.3 Å². The van der Waals surface area contributed by atoms with E-state index >= 15 is 0 Å². The molecule has 34 heavy (non-hydrogen) atoms. The number of nitrogens with zero attached hydrogens (tertiary/aromatic N) is 4. The van der Waals surface area contributed by atoms with Crippen molar-refractivity contribution >= 4 is 21.5 Å². The second-order valence-corrected chi connectivity index (χ2v) is 10.4. The van der Waals surface area contributed by atoms with Crippen LogP contribution in [-0.2, 0) is 29.2 Å². The van der Waals surface area contributed by atoms with Gasteiger partial charge >= 0.3 is 15.6 Å². The van der Waals surface area contributed by atoms with E-state index in [0.29, 0.717) is 23.2 Å². The molecule has 2 aromatic rings. The van der Waals surface area contributed by atoms with Gasteiger partial charge in [0.1, 0.15) is 36.2 Å². The first-order valence-electron chi connectivity index (χ1n) is 9.87. The highest BCUT2D eigenvalue weighted by atomic mass is 31.3. The highest BCUT2D eigenvalue weighted by molar-refractivity contribution is 7.60. The van der Waals surface area contributed by atoms with Crippen LogP contribution in [0, 0.1) is 0 Å². The number of hydrogen-bond acceptors (Lipinski definition) is 11. The van der Waals surface area contributed by atoms with Crippen molar-refractivity contribution in [2.75, 3.05) is 13.3 Å². The topological polar surface area (TPSA) is 222 Å². The Morgan fingerprint density at radius 2 is 1.85 bits per heavy atom. The second kappa shape index (κ2) is 9.47. The number of aliphatic hydroxyl groups is 2. The molecule has 0 radical (unpaired) electrons. The molecule has 5 atom stereocenters. The molecule has 7 N–H and O–H groups in total. The fourth-order valence-electron chi connectivity index (χ4n) is 3.62. The molecule has 15 nitrogen and oxygen atoms in total. The summed E-state index contributed by atoms with van der Waals surface area (Å²) in [5.41, 5.74) is 7.61. The first-order valence-corrected chi connectivity index (χ1v) is 12.9. The Morgan fingerprint density at radius 1 is 1.15 bits per heavy atom. The van der Waals surface area contributed by atoms with Crippen molar-refractivity contribution in [2.24, 2.45) is 10.7 Å². The Hall–Kier alpha value is -2.16. The normalized spacial score (nSPS) is 26.7. The average Bonchev–Trinajstić information content (AvgIpc) is 3.30. The molecule has 1 fully saturated rings. The van der Waals surface area contributed by atoms with Crippen LogP contribution in [0.3, 0.4) is 0 Å². The van der Waals surface area contributed by atoms with Gasteiger partial charge in [0.2, 0.25) is 0 Å². The summed E-state index contributed by atoms with van der Waals surface area (Å²) in [6.07, 6.45) is -4.29. The zero-order chi connectivity index (χ0) is 24.7. The Balaban J connectivity index is 1.50. The van der Waals surface area contributed by atoms with Crippen LogP contribution in [0.15, 0.2) is 41.7 Å². The fourth-order valence-corrected chi connectivity index (χ4v) is 5.22. The highest BCUT2D eigenvalue weighted by Gasteiger charge is 2.46. The molecule has 2 aliphatic heterocycles. The summed E-state index contributed by atoms with van der Waals surface area (Å²) >= 11 is 0. The zero-order valence-electron chi connectivity index (χ0n) is 17.4. The predicted octanol–water partition coefficient (Wildman–Crippen LogP) is -2.15. The molecular weight excluding hydrogens is 496 g/mol. The van der Waals surface area contributed by atoms with E-state index in [0.717, 1.165) is 5.56 Å². The number of fused-ring (bicyclic) bond motifs is 1. The number of rotatable bonds is 8. The lowest BCUT2D eigenvalue weighted by Gasteiger charge is -2.25. The van der Waals surface area contributed by atoms with E-state index in [1.54, 1.807) is 0 Å². The maximum Gasteiger partial charge on any atom is 0.481 e. The third kappa shape index (κ3) is 5.39. The van der Waals surface area contributed by atoms with Gasteiger partial charge in [-0.25, -0.2) is 19.1 Å². The number of nitrogens with two attached hydrogens (primary N) is 1. The molecule has 0 saturated carbocycles. The molecule has 17 heteroatoms. The van der Waals surface area contributed by atoms with Gasteiger partial charge < -0.3 is 40.3 Å². The van der Waals surface area contributed by atoms with Crippen molar-refractivity contribution in [3.8, 4) is 0 Å². The van der Waals surface area contributed by atoms with E-state index in [2.05, 4.69) is 18.8 Å². The van der Waals surface area contributed by atoms with Crippen LogP contribution >= 0.6 is 15.6 Å². The van der Waals surface area contributed by atoms with Gasteiger partial charge in [-0.3, -0.25) is 9.09 Å². The fraction of sp³-hybridized carbons (Fsp3) is 0.412. The lowest BCUT2D eigenvalue weighted by atomic mass is 10.1. The van der Waals surface area contributed by atoms with Gasteiger partial charge in [0.05, 0.1) is 12.9 Å². The largest absolute Gasteiger partial charge is 0.481 e. The third-order valence-corrected chi connectivity index (χ3v) is 7.33. The number of hydrogen-bond donors (Lipinski definition) is 6. The predicted molar refractivity (Wildman–Crippen MR) is 112 cm³/mol. The van der Waals surface area contributed by atoms with Gasteiger partial charge in [0.15, 0.2) is 11.7 Å². The van der Waals surface area contributed by atoms with Crippen LogP contribution in [0.25, 0.3) is 5.82 Å². The maximum atomic E-state index is 11.6. The van der Waals surface area contributed by atoms with Crippen LogP contribution in [0.1, 0.15) is 11.8 Å². The van der Waals surface area contributed by atoms with Crippen molar-refractivity contribution in [3.63, 3.8) is 0 Å².